The molecule has 0 heterocycles. The molecule has 3 aromatic rings. The average Bonchev–Trinajstić information content (AvgIpc) is 2.84. The second-order valence-electron chi connectivity index (χ2n) is 7.45. The van der Waals surface area contributed by atoms with Crippen LogP contribution in [0.15, 0.2) is 60.7 Å². The number of carbonyl (C=O) groups excluding carboxylic acids is 1. The Labute approximate surface area is 202 Å². The zero-order chi connectivity index (χ0) is 25.4. The Hall–Kier alpha value is -3.98. The molecule has 4 N–H and O–H groups in total. The van der Waals surface area contributed by atoms with Gasteiger partial charge in [-0.05, 0) is 43.7 Å². The lowest BCUT2D eigenvalue weighted by Gasteiger charge is -2.20. The lowest BCUT2D eigenvalue weighted by Crippen LogP contribution is -2.31. The van der Waals surface area contributed by atoms with Crippen molar-refractivity contribution in [1.82, 2.24) is 5.32 Å². The third kappa shape index (κ3) is 6.54. The van der Waals surface area contributed by atoms with Crippen LogP contribution in [0.4, 0.5) is 8.78 Å². The maximum absolute atomic E-state index is 15.4. The van der Waals surface area contributed by atoms with Gasteiger partial charge in [0.25, 0.3) is 5.91 Å². The van der Waals surface area contributed by atoms with Gasteiger partial charge in [-0.15, -0.1) is 0 Å². The van der Waals surface area contributed by atoms with Crippen molar-refractivity contribution in [2.45, 2.75) is 26.5 Å². The predicted molar refractivity (Wildman–Crippen MR) is 128 cm³/mol. The Kier molecular flexibility index (Phi) is 8.74. The van der Waals surface area contributed by atoms with Crippen LogP contribution >= 0.6 is 0 Å². The molecule has 3 aromatic carbocycles. The zero-order valence-electron chi connectivity index (χ0n) is 19.4. The summed E-state index contributed by atoms with van der Waals surface area (Å²) in [4.78, 5) is 12.9. The first-order valence-corrected chi connectivity index (χ1v) is 11.0. The van der Waals surface area contributed by atoms with Gasteiger partial charge in [-0.25, -0.2) is 8.78 Å². The van der Waals surface area contributed by atoms with Gasteiger partial charge < -0.3 is 25.3 Å². The Bertz CT molecular complexity index is 1190. The van der Waals surface area contributed by atoms with Crippen LogP contribution in [0.3, 0.4) is 0 Å². The van der Waals surface area contributed by atoms with E-state index in [4.69, 9.17) is 25.4 Å². The largest absolute Gasteiger partial charge is 0.494 e. The summed E-state index contributed by atoms with van der Waals surface area (Å²) >= 11 is 0. The van der Waals surface area contributed by atoms with Crippen LogP contribution in [0, 0.1) is 17.0 Å². The molecule has 0 aromatic heterocycles. The fourth-order valence-electron chi connectivity index (χ4n) is 3.33. The number of amidine groups is 1. The standard InChI is InChI=1S/C26H27F2N3O4/c1-3-33-18-6-5-7-19(14-18)35-21-13-12-20(27)22(23(21)28)24(34-4-2)26(32)31-15-16-8-10-17(11-9-16)25(29)30/h5-14,24H,3-4,15H2,1-2H3,(H3,29,30)(H,31,32). The molecule has 3 rings (SSSR count). The summed E-state index contributed by atoms with van der Waals surface area (Å²) in [7, 11) is 0. The van der Waals surface area contributed by atoms with Gasteiger partial charge in [0.05, 0.1) is 12.2 Å². The number of halogens is 2. The van der Waals surface area contributed by atoms with E-state index in [0.717, 1.165) is 12.1 Å². The van der Waals surface area contributed by atoms with Crippen LogP contribution in [0.2, 0.25) is 0 Å². The number of nitrogens with two attached hydrogens (primary N) is 1. The molecule has 0 aliphatic carbocycles. The van der Waals surface area contributed by atoms with Crippen molar-refractivity contribution < 1.29 is 27.8 Å². The van der Waals surface area contributed by atoms with E-state index in [1.165, 1.54) is 0 Å². The summed E-state index contributed by atoms with van der Waals surface area (Å²) in [6, 6.07) is 15.4. The van der Waals surface area contributed by atoms with Crippen LogP contribution in [-0.2, 0) is 16.1 Å². The molecule has 0 aliphatic heterocycles. The second-order valence-corrected chi connectivity index (χ2v) is 7.45. The molecule has 7 nitrogen and oxygen atoms in total. The number of nitrogen functional groups attached to an aromatic ring is 1. The molecule has 1 atom stereocenters. The minimum atomic E-state index is -1.53. The van der Waals surface area contributed by atoms with Crippen molar-refractivity contribution in [3.05, 3.63) is 89.0 Å². The van der Waals surface area contributed by atoms with Gasteiger partial charge in [-0.2, -0.15) is 0 Å². The van der Waals surface area contributed by atoms with Crippen LogP contribution in [0.5, 0.6) is 17.2 Å². The fraction of sp³-hybridized carbons (Fsp3) is 0.231. The lowest BCUT2D eigenvalue weighted by atomic mass is 10.1. The maximum atomic E-state index is 15.4. The minimum Gasteiger partial charge on any atom is -0.494 e. The summed E-state index contributed by atoms with van der Waals surface area (Å²) in [5.41, 5.74) is 6.15. The maximum Gasteiger partial charge on any atom is 0.254 e. The molecule has 0 spiro atoms. The first-order valence-electron chi connectivity index (χ1n) is 11.0. The summed E-state index contributed by atoms with van der Waals surface area (Å²) < 4.78 is 46.6. The molecule has 0 saturated carbocycles. The normalized spacial score (nSPS) is 11.5. The first kappa shape index (κ1) is 25.6. The monoisotopic (exact) mass is 483 g/mol. The second kappa shape index (κ2) is 11.9. The van der Waals surface area contributed by atoms with Crippen molar-refractivity contribution in [1.29, 1.82) is 5.41 Å². The summed E-state index contributed by atoms with van der Waals surface area (Å²) in [5, 5.41) is 10.1. The summed E-state index contributed by atoms with van der Waals surface area (Å²) in [6.45, 7) is 4.04. The van der Waals surface area contributed by atoms with E-state index in [1.54, 1.807) is 55.5 Å². The van der Waals surface area contributed by atoms with Gasteiger partial charge in [-0.3, -0.25) is 10.2 Å². The number of ether oxygens (including phenoxy) is 3. The Morgan fingerprint density at radius 2 is 1.74 bits per heavy atom. The van der Waals surface area contributed by atoms with Gasteiger partial charge >= 0.3 is 0 Å². The SMILES string of the molecule is CCOc1cccc(Oc2ccc(F)c(C(OCC)C(=O)NCc3ccc(C(=N)N)cc3)c2F)c1. The van der Waals surface area contributed by atoms with E-state index >= 15 is 4.39 Å². The smallest absolute Gasteiger partial charge is 0.254 e. The lowest BCUT2D eigenvalue weighted by molar-refractivity contribution is -0.133. The molecule has 9 heteroatoms. The molecule has 0 aliphatic rings. The summed E-state index contributed by atoms with van der Waals surface area (Å²) in [6.07, 6.45) is -1.53. The minimum absolute atomic E-state index is 0.0474. The molecule has 0 fully saturated rings. The van der Waals surface area contributed by atoms with Crippen LogP contribution in [-0.4, -0.2) is 25.0 Å². The molecule has 0 radical (unpaired) electrons. The fourth-order valence-corrected chi connectivity index (χ4v) is 3.33. The number of nitrogens with one attached hydrogen (secondary N) is 2. The van der Waals surface area contributed by atoms with E-state index in [9.17, 15) is 9.18 Å². The highest BCUT2D eigenvalue weighted by Crippen LogP contribution is 2.34. The Balaban J connectivity index is 1.82. The van der Waals surface area contributed by atoms with Crippen LogP contribution < -0.4 is 20.5 Å². The van der Waals surface area contributed by atoms with E-state index in [1.807, 2.05) is 6.92 Å². The number of benzene rings is 3. The number of hydrogen-bond donors (Lipinski definition) is 3. The average molecular weight is 484 g/mol. The highest BCUT2D eigenvalue weighted by atomic mass is 19.1. The van der Waals surface area contributed by atoms with E-state index in [-0.39, 0.29) is 24.7 Å². The number of hydrogen-bond acceptors (Lipinski definition) is 5. The summed E-state index contributed by atoms with van der Waals surface area (Å²) in [5.74, 6) is -2.18. The third-order valence-corrected chi connectivity index (χ3v) is 5.00. The van der Waals surface area contributed by atoms with Crippen molar-refractivity contribution >= 4 is 11.7 Å². The van der Waals surface area contributed by atoms with Gasteiger partial charge in [0.1, 0.15) is 23.2 Å². The van der Waals surface area contributed by atoms with Gasteiger partial charge in [-0.1, -0.05) is 30.3 Å². The van der Waals surface area contributed by atoms with Gasteiger partial charge in [0.15, 0.2) is 17.7 Å². The molecule has 1 unspecified atom stereocenters. The van der Waals surface area contributed by atoms with E-state index in [2.05, 4.69) is 5.32 Å². The molecule has 0 bridgehead atoms. The van der Waals surface area contributed by atoms with Crippen molar-refractivity contribution in [3.8, 4) is 17.2 Å². The van der Waals surface area contributed by atoms with Gasteiger partial charge in [0.2, 0.25) is 0 Å². The molecule has 0 saturated heterocycles. The quantitative estimate of drug-likeness (QED) is 0.267. The van der Waals surface area contributed by atoms with E-state index < -0.39 is 29.2 Å². The topological polar surface area (TPSA) is 107 Å². The predicted octanol–water partition coefficient (Wildman–Crippen LogP) is 4.83. The molecule has 35 heavy (non-hydrogen) atoms. The molecular formula is C26H27F2N3O4. The zero-order valence-corrected chi connectivity index (χ0v) is 19.4. The van der Waals surface area contributed by atoms with Crippen molar-refractivity contribution in [2.75, 3.05) is 13.2 Å². The van der Waals surface area contributed by atoms with Crippen molar-refractivity contribution in [3.63, 3.8) is 0 Å². The molecule has 1 amide bonds. The van der Waals surface area contributed by atoms with Crippen LogP contribution in [0.25, 0.3) is 0 Å². The van der Waals surface area contributed by atoms with E-state index in [0.29, 0.717) is 29.2 Å². The first-order chi connectivity index (χ1) is 16.8. The number of rotatable bonds is 11. The molecular weight excluding hydrogens is 456 g/mol. The Morgan fingerprint density at radius 3 is 2.40 bits per heavy atom. The highest BCUT2D eigenvalue weighted by molar-refractivity contribution is 5.94. The number of carbonyl (C=O) groups is 1. The van der Waals surface area contributed by atoms with Crippen LogP contribution in [0.1, 0.15) is 36.6 Å². The third-order valence-electron chi connectivity index (χ3n) is 5.00. The van der Waals surface area contributed by atoms with Gasteiger partial charge in [0, 0.05) is 24.8 Å². The number of amides is 1. The highest BCUT2D eigenvalue weighted by Gasteiger charge is 2.30. The van der Waals surface area contributed by atoms with Crippen molar-refractivity contribution in [2.24, 2.45) is 5.73 Å². The Morgan fingerprint density at radius 1 is 1.03 bits per heavy atom. The molecule has 184 valence electrons.